The zero-order valence-corrected chi connectivity index (χ0v) is 12.4. The average molecular weight is 291 g/mol. The zero-order valence-electron chi connectivity index (χ0n) is 12.4. The second kappa shape index (κ2) is 6.12. The number of halogens is 1. The minimum atomic E-state index is -0.344. The summed E-state index contributed by atoms with van der Waals surface area (Å²) in [6.07, 6.45) is 3.29. The van der Waals surface area contributed by atoms with E-state index in [-0.39, 0.29) is 17.8 Å². The molecule has 1 fully saturated rings. The lowest BCUT2D eigenvalue weighted by Crippen LogP contribution is -2.45. The quantitative estimate of drug-likeness (QED) is 0.894. The van der Waals surface area contributed by atoms with Crippen molar-refractivity contribution in [3.8, 4) is 0 Å². The lowest BCUT2D eigenvalue weighted by molar-refractivity contribution is -0.118. The summed E-state index contributed by atoms with van der Waals surface area (Å²) in [5.74, 6) is -0.394. The molecule has 1 atom stereocenters. The molecule has 5 heteroatoms. The Morgan fingerprint density at radius 1 is 1.38 bits per heavy atom. The van der Waals surface area contributed by atoms with Crippen LogP contribution in [0.5, 0.6) is 0 Å². The number of hydrogen-bond acceptors (Lipinski definition) is 3. The molecule has 0 aliphatic carbocycles. The predicted octanol–water partition coefficient (Wildman–Crippen LogP) is 2.28. The van der Waals surface area contributed by atoms with Gasteiger partial charge in [0.05, 0.1) is 0 Å². The lowest BCUT2D eigenvalue weighted by atomic mass is 10.0. The Labute approximate surface area is 124 Å². The van der Waals surface area contributed by atoms with Gasteiger partial charge >= 0.3 is 0 Å². The molecule has 2 aliphatic heterocycles. The lowest BCUT2D eigenvalue weighted by Gasteiger charge is -2.33. The molecule has 4 nitrogen and oxygen atoms in total. The van der Waals surface area contributed by atoms with Crippen LogP contribution in [-0.4, -0.2) is 36.5 Å². The van der Waals surface area contributed by atoms with Gasteiger partial charge in [0.15, 0.2) is 0 Å². The van der Waals surface area contributed by atoms with Gasteiger partial charge in [-0.2, -0.15) is 0 Å². The highest BCUT2D eigenvalue weighted by molar-refractivity contribution is 6.02. The van der Waals surface area contributed by atoms with E-state index in [1.165, 1.54) is 18.6 Å². The number of likely N-dealkylation sites (tertiary alicyclic amines) is 1. The van der Waals surface area contributed by atoms with Crippen LogP contribution in [0.15, 0.2) is 18.2 Å². The van der Waals surface area contributed by atoms with Gasteiger partial charge in [0.1, 0.15) is 11.9 Å². The monoisotopic (exact) mass is 291 g/mol. The first-order chi connectivity index (χ1) is 10.2. The summed E-state index contributed by atoms with van der Waals surface area (Å²) in [7, 11) is 0. The summed E-state index contributed by atoms with van der Waals surface area (Å²) in [4.78, 5) is 14.5. The molecule has 114 valence electrons. The third-order valence-electron chi connectivity index (χ3n) is 4.38. The zero-order chi connectivity index (χ0) is 14.8. The standard InChI is InChI=1S/C16H22FN3O/c1-2-7-20-8-5-12(6-9-20)18-15-13-4-3-11(17)10-14(13)19-16(15)21/h3-4,10,12,15,18H,2,5-9H2,1H3,(H,19,21). The first-order valence-electron chi connectivity index (χ1n) is 7.76. The maximum atomic E-state index is 13.2. The highest BCUT2D eigenvalue weighted by Crippen LogP contribution is 2.32. The van der Waals surface area contributed by atoms with Crippen molar-refractivity contribution in [1.82, 2.24) is 10.2 Å². The molecule has 0 spiro atoms. The van der Waals surface area contributed by atoms with Crippen molar-refractivity contribution in [3.63, 3.8) is 0 Å². The highest BCUT2D eigenvalue weighted by atomic mass is 19.1. The van der Waals surface area contributed by atoms with Crippen molar-refractivity contribution in [3.05, 3.63) is 29.6 Å². The molecule has 0 bridgehead atoms. The van der Waals surface area contributed by atoms with E-state index in [0.717, 1.165) is 38.0 Å². The van der Waals surface area contributed by atoms with Gasteiger partial charge in [-0.3, -0.25) is 10.1 Å². The van der Waals surface area contributed by atoms with Gasteiger partial charge < -0.3 is 10.2 Å². The van der Waals surface area contributed by atoms with Crippen molar-refractivity contribution < 1.29 is 9.18 Å². The molecule has 21 heavy (non-hydrogen) atoms. The normalized spacial score (nSPS) is 23.1. The third kappa shape index (κ3) is 3.09. The van der Waals surface area contributed by atoms with Crippen LogP contribution in [0.25, 0.3) is 0 Å². The second-order valence-electron chi connectivity index (χ2n) is 5.94. The number of amides is 1. The van der Waals surface area contributed by atoms with Gasteiger partial charge in [0.25, 0.3) is 0 Å². The molecule has 2 aliphatic rings. The number of nitrogens with one attached hydrogen (secondary N) is 2. The van der Waals surface area contributed by atoms with E-state index in [9.17, 15) is 9.18 Å². The Balaban J connectivity index is 1.63. The Morgan fingerprint density at radius 3 is 2.86 bits per heavy atom. The maximum Gasteiger partial charge on any atom is 0.246 e. The first kappa shape index (κ1) is 14.5. The van der Waals surface area contributed by atoms with Crippen molar-refractivity contribution in [1.29, 1.82) is 0 Å². The summed E-state index contributed by atoms with van der Waals surface area (Å²) in [6.45, 7) is 5.51. The van der Waals surface area contributed by atoms with E-state index < -0.39 is 0 Å². The van der Waals surface area contributed by atoms with Gasteiger partial charge in [0.2, 0.25) is 5.91 Å². The number of fused-ring (bicyclic) bond motifs is 1. The number of rotatable bonds is 4. The number of nitrogens with zero attached hydrogens (tertiary/aromatic N) is 1. The van der Waals surface area contributed by atoms with E-state index in [1.54, 1.807) is 6.07 Å². The van der Waals surface area contributed by atoms with Crippen molar-refractivity contribution in [2.24, 2.45) is 0 Å². The molecule has 0 aromatic heterocycles. The van der Waals surface area contributed by atoms with Gasteiger partial charge in [0, 0.05) is 17.3 Å². The fraction of sp³-hybridized carbons (Fsp3) is 0.562. The molecule has 1 aromatic carbocycles. The van der Waals surface area contributed by atoms with Crippen LogP contribution in [0.3, 0.4) is 0 Å². The van der Waals surface area contributed by atoms with Crippen molar-refractivity contribution in [2.45, 2.75) is 38.3 Å². The van der Waals surface area contributed by atoms with Gasteiger partial charge in [-0.1, -0.05) is 13.0 Å². The van der Waals surface area contributed by atoms with Crippen LogP contribution in [0, 0.1) is 5.82 Å². The molecular formula is C16H22FN3O. The molecule has 0 radical (unpaired) electrons. The summed E-state index contributed by atoms with van der Waals surface area (Å²) < 4.78 is 13.2. The van der Waals surface area contributed by atoms with E-state index >= 15 is 0 Å². The van der Waals surface area contributed by atoms with Gasteiger partial charge in [-0.05, 0) is 51.0 Å². The average Bonchev–Trinajstić information content (AvgIpc) is 2.76. The molecule has 1 amide bonds. The number of benzene rings is 1. The Kier molecular flexibility index (Phi) is 4.22. The molecule has 0 saturated carbocycles. The second-order valence-corrected chi connectivity index (χ2v) is 5.94. The number of hydrogen-bond donors (Lipinski definition) is 2. The molecule has 1 unspecified atom stereocenters. The third-order valence-corrected chi connectivity index (χ3v) is 4.38. The fourth-order valence-corrected chi connectivity index (χ4v) is 3.28. The Morgan fingerprint density at radius 2 is 2.14 bits per heavy atom. The van der Waals surface area contributed by atoms with Gasteiger partial charge in [-0.15, -0.1) is 0 Å². The number of anilines is 1. The number of carbonyl (C=O) groups is 1. The topological polar surface area (TPSA) is 44.4 Å². The van der Waals surface area contributed by atoms with Crippen LogP contribution >= 0.6 is 0 Å². The van der Waals surface area contributed by atoms with E-state index in [4.69, 9.17) is 0 Å². The van der Waals surface area contributed by atoms with Gasteiger partial charge in [-0.25, -0.2) is 4.39 Å². The smallest absolute Gasteiger partial charge is 0.246 e. The van der Waals surface area contributed by atoms with E-state index in [1.807, 2.05) is 0 Å². The number of carbonyl (C=O) groups excluding carboxylic acids is 1. The van der Waals surface area contributed by atoms with Crippen LogP contribution in [0.2, 0.25) is 0 Å². The number of piperidine rings is 1. The van der Waals surface area contributed by atoms with Crippen LogP contribution in [-0.2, 0) is 4.79 Å². The molecule has 1 aromatic rings. The fourth-order valence-electron chi connectivity index (χ4n) is 3.28. The largest absolute Gasteiger partial charge is 0.324 e. The summed E-state index contributed by atoms with van der Waals surface area (Å²) in [5, 5.41) is 6.20. The molecule has 2 heterocycles. The first-order valence-corrected chi connectivity index (χ1v) is 7.76. The molecular weight excluding hydrogens is 269 g/mol. The predicted molar refractivity (Wildman–Crippen MR) is 80.7 cm³/mol. The summed E-state index contributed by atoms with van der Waals surface area (Å²) in [6, 6.07) is 4.51. The minimum Gasteiger partial charge on any atom is -0.324 e. The van der Waals surface area contributed by atoms with E-state index in [2.05, 4.69) is 22.5 Å². The van der Waals surface area contributed by atoms with E-state index in [0.29, 0.717) is 11.7 Å². The van der Waals surface area contributed by atoms with Crippen LogP contribution < -0.4 is 10.6 Å². The van der Waals surface area contributed by atoms with Crippen LogP contribution in [0.1, 0.15) is 37.8 Å². The van der Waals surface area contributed by atoms with Crippen LogP contribution in [0.4, 0.5) is 10.1 Å². The summed E-state index contributed by atoms with van der Waals surface area (Å²) in [5.41, 5.74) is 1.46. The molecule has 2 N–H and O–H groups in total. The highest BCUT2D eigenvalue weighted by Gasteiger charge is 2.33. The molecule has 3 rings (SSSR count). The SMILES string of the molecule is CCCN1CCC(NC2C(=O)Nc3cc(F)ccc32)CC1. The Bertz CT molecular complexity index is 526. The van der Waals surface area contributed by atoms with Crippen molar-refractivity contribution in [2.75, 3.05) is 25.0 Å². The summed E-state index contributed by atoms with van der Waals surface area (Å²) >= 11 is 0. The van der Waals surface area contributed by atoms with Crippen molar-refractivity contribution >= 4 is 11.6 Å². The molecule has 1 saturated heterocycles. The Hall–Kier alpha value is -1.46. The maximum absolute atomic E-state index is 13.2. The minimum absolute atomic E-state index is 0.0772.